The molecule has 0 aromatic carbocycles. The minimum atomic E-state index is -0.577. The molecule has 3 heterocycles. The fraction of sp³-hybridized carbons (Fsp3) is 0.925. The van der Waals surface area contributed by atoms with Gasteiger partial charge in [-0.15, -0.1) is 0 Å². The van der Waals surface area contributed by atoms with Crippen molar-refractivity contribution >= 4 is 18.1 Å². The van der Waals surface area contributed by atoms with Crippen LogP contribution in [0.2, 0.25) is 0 Å². The zero-order valence-corrected chi connectivity index (χ0v) is 31.6. The highest BCUT2D eigenvalue weighted by Gasteiger charge is 2.84. The summed E-state index contributed by atoms with van der Waals surface area (Å²) in [6, 6.07) is -0.520. The molecule has 3 saturated heterocycles. The zero-order chi connectivity index (χ0) is 35.6. The normalized spacial score (nSPS) is 49.1. The van der Waals surface area contributed by atoms with E-state index in [1.54, 1.807) is 4.90 Å². The van der Waals surface area contributed by atoms with Crippen LogP contribution < -0.4 is 10.6 Å². The van der Waals surface area contributed by atoms with Gasteiger partial charge in [0.05, 0.1) is 18.3 Å². The van der Waals surface area contributed by atoms with Gasteiger partial charge < -0.3 is 34.9 Å². The van der Waals surface area contributed by atoms with Crippen molar-refractivity contribution in [1.29, 1.82) is 0 Å². The summed E-state index contributed by atoms with van der Waals surface area (Å²) in [5.41, 5.74) is -0.112. The van der Waals surface area contributed by atoms with Crippen LogP contribution in [0.3, 0.4) is 0 Å². The number of hydrogen-bond donors (Lipinski definition) is 3. The Morgan fingerprint density at radius 1 is 1.00 bits per heavy atom. The van der Waals surface area contributed by atoms with E-state index in [0.717, 1.165) is 64.5 Å². The van der Waals surface area contributed by atoms with Crippen LogP contribution in [0, 0.1) is 56.7 Å². The van der Waals surface area contributed by atoms with Crippen LogP contribution in [-0.4, -0.2) is 84.3 Å². The summed E-state index contributed by atoms with van der Waals surface area (Å²) < 4.78 is 19.3. The quantitative estimate of drug-likeness (QED) is 0.320. The van der Waals surface area contributed by atoms with Crippen LogP contribution >= 0.6 is 0 Å². The Balaban J connectivity index is 1.00. The molecule has 8 aliphatic rings. The second kappa shape index (κ2) is 11.7. The number of hydrogen-bond acceptors (Lipinski definition) is 7. The van der Waals surface area contributed by atoms with Crippen molar-refractivity contribution in [3.05, 3.63) is 0 Å². The fourth-order valence-corrected chi connectivity index (χ4v) is 14.3. The molecule has 3 aliphatic heterocycles. The van der Waals surface area contributed by atoms with Crippen molar-refractivity contribution in [3.63, 3.8) is 0 Å². The first-order valence-corrected chi connectivity index (χ1v) is 20.1. The van der Waals surface area contributed by atoms with Crippen molar-refractivity contribution in [3.8, 4) is 0 Å². The smallest absolute Gasteiger partial charge is 0.410 e. The third-order valence-electron chi connectivity index (χ3n) is 17.0. The Morgan fingerprint density at radius 2 is 1.72 bits per heavy atom. The molecule has 2 spiro atoms. The molecule has 50 heavy (non-hydrogen) atoms. The maximum absolute atomic E-state index is 13.1. The van der Waals surface area contributed by atoms with E-state index in [-0.39, 0.29) is 75.3 Å². The predicted octanol–water partition coefficient (Wildman–Crippen LogP) is 6.04. The van der Waals surface area contributed by atoms with Crippen LogP contribution in [0.1, 0.15) is 119 Å². The Hall–Kier alpha value is -2.07. The number of nitrogens with zero attached hydrogens (tertiary/aromatic N) is 1. The molecule has 0 aromatic rings. The summed E-state index contributed by atoms with van der Waals surface area (Å²) in [6.45, 7) is 18.2. The monoisotopic (exact) mass is 697 g/mol. The lowest BCUT2D eigenvalue weighted by Crippen LogP contribution is -2.60. The van der Waals surface area contributed by atoms with Gasteiger partial charge in [0.25, 0.3) is 0 Å². The molecule has 3 N–H and O–H groups in total. The summed E-state index contributed by atoms with van der Waals surface area (Å²) in [5, 5.41) is 18.3. The minimum Gasteiger partial charge on any atom is -0.446 e. The highest BCUT2D eigenvalue weighted by atomic mass is 16.6. The summed E-state index contributed by atoms with van der Waals surface area (Å²) in [4.78, 5) is 40.1. The van der Waals surface area contributed by atoms with Gasteiger partial charge in [-0.05, 0) is 116 Å². The highest BCUT2D eigenvalue weighted by Crippen LogP contribution is 2.89. The summed E-state index contributed by atoms with van der Waals surface area (Å²) >= 11 is 0. The molecular formula is C40H63N3O7. The Labute approximate surface area is 298 Å². The van der Waals surface area contributed by atoms with Gasteiger partial charge in [-0.25, -0.2) is 9.59 Å². The molecule has 0 aromatic heterocycles. The Morgan fingerprint density at radius 3 is 2.40 bits per heavy atom. The molecule has 8 rings (SSSR count). The molecule has 5 saturated carbocycles. The number of aliphatic hydroxyl groups excluding tert-OH is 1. The van der Waals surface area contributed by atoms with Crippen molar-refractivity contribution in [2.75, 3.05) is 19.6 Å². The van der Waals surface area contributed by atoms with Gasteiger partial charge in [-0.2, -0.15) is 0 Å². The average molecular weight is 698 g/mol. The average Bonchev–Trinajstić information content (AvgIpc) is 3.66. The summed E-state index contributed by atoms with van der Waals surface area (Å²) in [5.74, 6) is 1.45. The topological polar surface area (TPSA) is 126 Å². The first kappa shape index (κ1) is 35.0. The van der Waals surface area contributed by atoms with E-state index in [9.17, 15) is 19.5 Å². The van der Waals surface area contributed by atoms with Gasteiger partial charge in [0, 0.05) is 30.5 Å². The fourth-order valence-electron chi connectivity index (χ4n) is 14.3. The van der Waals surface area contributed by atoms with Crippen LogP contribution in [0.5, 0.6) is 0 Å². The van der Waals surface area contributed by atoms with Gasteiger partial charge in [0.1, 0.15) is 18.2 Å². The number of likely N-dealkylation sites (tertiary alicyclic amines) is 1. The summed E-state index contributed by atoms with van der Waals surface area (Å²) in [7, 11) is 0. The maximum Gasteiger partial charge on any atom is 0.410 e. The lowest BCUT2D eigenvalue weighted by molar-refractivity contribution is -0.185. The van der Waals surface area contributed by atoms with E-state index < -0.39 is 18.2 Å². The van der Waals surface area contributed by atoms with Gasteiger partial charge in [0.2, 0.25) is 5.91 Å². The van der Waals surface area contributed by atoms with Gasteiger partial charge in [-0.3, -0.25) is 4.79 Å². The number of nitrogens with one attached hydrogen (secondary N) is 2. The van der Waals surface area contributed by atoms with Crippen molar-refractivity contribution < 1.29 is 33.7 Å². The minimum absolute atomic E-state index is 0.0467. The molecule has 3 amide bonds. The zero-order valence-electron chi connectivity index (χ0n) is 31.6. The molecule has 8 fully saturated rings. The maximum atomic E-state index is 13.1. The molecular weight excluding hydrogens is 634 g/mol. The second-order valence-electron chi connectivity index (χ2n) is 19.5. The number of piperidine rings is 1. The molecule has 0 radical (unpaired) electrons. The molecule has 5 aliphatic carbocycles. The summed E-state index contributed by atoms with van der Waals surface area (Å²) in [6.07, 6.45) is 8.56. The third-order valence-corrected chi connectivity index (χ3v) is 17.0. The van der Waals surface area contributed by atoms with Gasteiger partial charge in [0.15, 0.2) is 0 Å². The molecule has 3 unspecified atom stereocenters. The van der Waals surface area contributed by atoms with E-state index in [0.29, 0.717) is 30.7 Å². The van der Waals surface area contributed by atoms with Gasteiger partial charge >= 0.3 is 12.2 Å². The lowest BCUT2D eigenvalue weighted by atomic mass is 9.41. The van der Waals surface area contributed by atoms with E-state index in [1.165, 1.54) is 12.8 Å². The van der Waals surface area contributed by atoms with Crippen molar-refractivity contribution in [2.45, 2.75) is 156 Å². The molecule has 10 heteroatoms. The van der Waals surface area contributed by atoms with Gasteiger partial charge in [-0.1, -0.05) is 48.5 Å². The number of carbonyl (C=O) groups is 3. The van der Waals surface area contributed by atoms with Crippen LogP contribution in [0.15, 0.2) is 0 Å². The number of ether oxygens (including phenoxy) is 3. The predicted molar refractivity (Wildman–Crippen MR) is 187 cm³/mol. The first-order chi connectivity index (χ1) is 23.6. The number of fused-ring (bicyclic) bond motifs is 4. The number of aliphatic hydroxyl groups is 1. The Bertz CT molecular complexity index is 1400. The van der Waals surface area contributed by atoms with Crippen LogP contribution in [-0.2, 0) is 19.0 Å². The van der Waals surface area contributed by atoms with E-state index in [1.807, 2.05) is 0 Å². The van der Waals surface area contributed by atoms with E-state index >= 15 is 0 Å². The number of amides is 3. The second-order valence-corrected chi connectivity index (χ2v) is 19.5. The number of carbonyl (C=O) groups excluding carboxylic acids is 3. The lowest BCUT2D eigenvalue weighted by Gasteiger charge is -2.63. The molecule has 14 atom stereocenters. The van der Waals surface area contributed by atoms with Crippen molar-refractivity contribution in [1.82, 2.24) is 15.5 Å². The van der Waals surface area contributed by atoms with E-state index in [2.05, 4.69) is 59.1 Å². The van der Waals surface area contributed by atoms with Crippen LogP contribution in [0.4, 0.5) is 9.59 Å². The molecule has 10 nitrogen and oxygen atoms in total. The van der Waals surface area contributed by atoms with Crippen molar-refractivity contribution in [2.24, 2.45) is 56.7 Å². The number of alkyl carbamates (subject to hydrolysis) is 1. The number of rotatable bonds is 5. The SMILES string of the molecule is CC(C)[C@@H](OC(=O)N1CCC1)C1C[C@@H](C)[C@H]2C(O1)[C@H](O)[C@@]1(C)C3CC[C@H]4C(C)(C)[C@@H](OC(=O)N[C@H]5CCCNC5=O)CC[C@@]45C[C@@]35CC[C@]21C. The van der Waals surface area contributed by atoms with Crippen LogP contribution in [0.25, 0.3) is 0 Å². The van der Waals surface area contributed by atoms with E-state index in [4.69, 9.17) is 14.2 Å². The third kappa shape index (κ3) is 4.67. The highest BCUT2D eigenvalue weighted by molar-refractivity contribution is 5.86. The first-order valence-electron chi connectivity index (χ1n) is 20.1. The largest absolute Gasteiger partial charge is 0.446 e. The Kier molecular flexibility index (Phi) is 8.20. The molecule has 0 bridgehead atoms. The standard InChI is InChI=1S/C40H63N3O7/c1-22(2)30(50-35(47)43-18-9-19-43)25-20-23(3)29-31(48-25)32(44)38(7)27-12-11-26-36(4,5)28(49-34(46)42-24-10-8-17-41-33(24)45)13-14-39(26)21-40(27,39)16-15-37(29,38)6/h22-32,44H,8-21H2,1-7H3,(H,41,45)(H,42,46)/t23-,24+,25?,26+,27?,28+,29+,30-,31?,32+,37-,38-,39-,40+/m1/s1. The molecule has 280 valence electrons.